The van der Waals surface area contributed by atoms with Gasteiger partial charge >= 0.3 is 0 Å². The first-order valence-electron chi connectivity index (χ1n) is 3.69. The molecule has 0 amide bonds. The molecule has 0 atom stereocenters. The lowest BCUT2D eigenvalue weighted by molar-refractivity contribution is 0.296. The van der Waals surface area contributed by atoms with Crippen molar-refractivity contribution in [3.05, 3.63) is 24.1 Å². The molecule has 0 aliphatic rings. The maximum absolute atomic E-state index is 12.9. The Morgan fingerprint density at radius 1 is 1.58 bits per heavy atom. The van der Waals surface area contributed by atoms with Gasteiger partial charge in [0.25, 0.3) is 0 Å². The molecule has 0 radical (unpaired) electrons. The number of thioether (sulfide) groups is 1. The zero-order valence-electron chi connectivity index (χ0n) is 6.53. The zero-order chi connectivity index (χ0) is 8.81. The van der Waals surface area contributed by atoms with Gasteiger partial charge in [0.2, 0.25) is 0 Å². The largest absolute Gasteiger partial charge is 0.396 e. The number of aromatic nitrogens is 1. The predicted octanol–water partition coefficient (Wildman–Crippen LogP) is 1.70. The van der Waals surface area contributed by atoms with Crippen molar-refractivity contribution in [2.45, 2.75) is 11.4 Å². The first kappa shape index (κ1) is 9.48. The van der Waals surface area contributed by atoms with Crippen LogP contribution < -0.4 is 0 Å². The Labute approximate surface area is 74.8 Å². The van der Waals surface area contributed by atoms with Crippen LogP contribution >= 0.6 is 11.8 Å². The summed E-state index contributed by atoms with van der Waals surface area (Å²) < 4.78 is 12.9. The van der Waals surface area contributed by atoms with Gasteiger partial charge in [0.1, 0.15) is 5.03 Å². The third kappa shape index (κ3) is 2.79. The van der Waals surface area contributed by atoms with Crippen LogP contribution in [-0.2, 0) is 0 Å². The van der Waals surface area contributed by atoms with Gasteiger partial charge in [-0.1, -0.05) is 0 Å². The molecule has 66 valence electrons. The van der Waals surface area contributed by atoms with E-state index in [4.69, 9.17) is 5.11 Å². The van der Waals surface area contributed by atoms with E-state index in [1.807, 2.05) is 0 Å². The van der Waals surface area contributed by atoms with Crippen LogP contribution in [0.25, 0.3) is 0 Å². The fourth-order valence-electron chi connectivity index (χ4n) is 0.711. The summed E-state index contributed by atoms with van der Waals surface area (Å²) in [4.78, 5) is 3.86. The molecule has 0 aliphatic carbocycles. The number of hydrogen-bond donors (Lipinski definition) is 1. The van der Waals surface area contributed by atoms with Crippen molar-refractivity contribution >= 4 is 11.8 Å². The third-order valence-corrected chi connectivity index (χ3v) is 2.33. The summed E-state index contributed by atoms with van der Waals surface area (Å²) in [5.41, 5.74) is 0. The standard InChI is InChI=1S/C8H10FNOS/c9-7-3-1-4-10-8(7)12-6-2-5-11/h1,3-4,11H,2,5-6H2. The van der Waals surface area contributed by atoms with Gasteiger partial charge in [0.15, 0.2) is 5.82 Å². The lowest BCUT2D eigenvalue weighted by Gasteiger charge is -1.99. The number of halogens is 1. The van der Waals surface area contributed by atoms with E-state index in [1.165, 1.54) is 17.8 Å². The second-order valence-corrected chi connectivity index (χ2v) is 3.30. The average Bonchev–Trinajstić information content (AvgIpc) is 2.09. The Kier molecular flexibility index (Phi) is 4.04. The molecule has 1 aromatic rings. The molecule has 0 aliphatic heterocycles. The molecular formula is C8H10FNOS. The highest BCUT2D eigenvalue weighted by Gasteiger charge is 2.01. The maximum Gasteiger partial charge on any atom is 0.155 e. The summed E-state index contributed by atoms with van der Waals surface area (Å²) >= 11 is 1.33. The van der Waals surface area contributed by atoms with Gasteiger partial charge in [-0.25, -0.2) is 9.37 Å². The first-order chi connectivity index (χ1) is 5.84. The molecule has 0 saturated heterocycles. The lowest BCUT2D eigenvalue weighted by Crippen LogP contribution is -1.89. The molecule has 0 spiro atoms. The molecule has 2 nitrogen and oxygen atoms in total. The van der Waals surface area contributed by atoms with Crippen LogP contribution in [-0.4, -0.2) is 22.5 Å². The fourth-order valence-corrected chi connectivity index (χ4v) is 1.52. The predicted molar refractivity (Wildman–Crippen MR) is 46.6 cm³/mol. The van der Waals surface area contributed by atoms with Crippen LogP contribution in [0, 0.1) is 5.82 Å². The monoisotopic (exact) mass is 187 g/mol. The number of aliphatic hydroxyl groups excluding tert-OH is 1. The Balaban J connectivity index is 2.46. The highest BCUT2D eigenvalue weighted by molar-refractivity contribution is 7.99. The molecule has 0 fully saturated rings. The molecule has 0 saturated carbocycles. The summed E-state index contributed by atoms with van der Waals surface area (Å²) in [6.45, 7) is 0.140. The highest BCUT2D eigenvalue weighted by atomic mass is 32.2. The minimum atomic E-state index is -0.291. The van der Waals surface area contributed by atoms with E-state index < -0.39 is 0 Å². The van der Waals surface area contributed by atoms with Gasteiger partial charge in [0.05, 0.1) is 0 Å². The molecule has 0 aromatic carbocycles. The van der Waals surface area contributed by atoms with Crippen molar-refractivity contribution in [2.75, 3.05) is 12.4 Å². The quantitative estimate of drug-likeness (QED) is 0.575. The topological polar surface area (TPSA) is 33.1 Å². The smallest absolute Gasteiger partial charge is 0.155 e. The van der Waals surface area contributed by atoms with Crippen LogP contribution in [0.3, 0.4) is 0 Å². The van der Waals surface area contributed by atoms with Crippen LogP contribution in [0.15, 0.2) is 23.4 Å². The van der Waals surface area contributed by atoms with Crippen LogP contribution in [0.4, 0.5) is 4.39 Å². The van der Waals surface area contributed by atoms with Gasteiger partial charge < -0.3 is 5.11 Å². The van der Waals surface area contributed by atoms with Gasteiger partial charge in [-0.3, -0.25) is 0 Å². The molecular weight excluding hydrogens is 177 g/mol. The summed E-state index contributed by atoms with van der Waals surface area (Å²) in [7, 11) is 0. The van der Waals surface area contributed by atoms with Crippen LogP contribution in [0.2, 0.25) is 0 Å². The van der Waals surface area contributed by atoms with E-state index in [-0.39, 0.29) is 12.4 Å². The van der Waals surface area contributed by atoms with E-state index in [1.54, 1.807) is 12.3 Å². The molecule has 0 unspecified atom stereocenters. The number of hydrogen-bond acceptors (Lipinski definition) is 3. The Hall–Kier alpha value is -0.610. The number of pyridine rings is 1. The maximum atomic E-state index is 12.9. The van der Waals surface area contributed by atoms with Gasteiger partial charge in [0, 0.05) is 18.6 Å². The van der Waals surface area contributed by atoms with Crippen molar-refractivity contribution in [1.82, 2.24) is 4.98 Å². The Bertz CT molecular complexity index is 244. The van der Waals surface area contributed by atoms with E-state index in [0.29, 0.717) is 17.2 Å². The van der Waals surface area contributed by atoms with Crippen molar-refractivity contribution < 1.29 is 9.50 Å². The van der Waals surface area contributed by atoms with E-state index in [0.717, 1.165) is 0 Å². The molecule has 1 rings (SSSR count). The van der Waals surface area contributed by atoms with Crippen molar-refractivity contribution in [3.63, 3.8) is 0 Å². The second kappa shape index (κ2) is 5.11. The molecule has 12 heavy (non-hydrogen) atoms. The van der Waals surface area contributed by atoms with Crippen molar-refractivity contribution in [3.8, 4) is 0 Å². The lowest BCUT2D eigenvalue weighted by atomic mass is 10.5. The zero-order valence-corrected chi connectivity index (χ0v) is 7.35. The summed E-state index contributed by atoms with van der Waals surface area (Å²) in [5.74, 6) is 0.408. The fraction of sp³-hybridized carbons (Fsp3) is 0.375. The van der Waals surface area contributed by atoms with Gasteiger partial charge in [-0.2, -0.15) is 0 Å². The van der Waals surface area contributed by atoms with Gasteiger partial charge in [-0.05, 0) is 18.6 Å². The normalized spacial score (nSPS) is 10.2. The minimum Gasteiger partial charge on any atom is -0.396 e. The SMILES string of the molecule is OCCCSc1ncccc1F. The molecule has 1 heterocycles. The molecule has 4 heteroatoms. The summed E-state index contributed by atoms with van der Waals surface area (Å²) in [6.07, 6.45) is 2.23. The van der Waals surface area contributed by atoms with Gasteiger partial charge in [-0.15, -0.1) is 11.8 Å². The summed E-state index contributed by atoms with van der Waals surface area (Å²) in [5, 5.41) is 8.89. The second-order valence-electron chi connectivity index (χ2n) is 2.22. The summed E-state index contributed by atoms with van der Waals surface area (Å²) in [6, 6.07) is 2.94. The number of aliphatic hydroxyl groups is 1. The molecule has 1 N–H and O–H groups in total. The average molecular weight is 187 g/mol. The van der Waals surface area contributed by atoms with Crippen molar-refractivity contribution in [2.24, 2.45) is 0 Å². The Morgan fingerprint density at radius 2 is 2.42 bits per heavy atom. The molecule has 1 aromatic heterocycles. The van der Waals surface area contributed by atoms with E-state index in [9.17, 15) is 4.39 Å². The van der Waals surface area contributed by atoms with E-state index in [2.05, 4.69) is 4.98 Å². The van der Waals surface area contributed by atoms with E-state index >= 15 is 0 Å². The molecule has 0 bridgehead atoms. The van der Waals surface area contributed by atoms with Crippen molar-refractivity contribution in [1.29, 1.82) is 0 Å². The van der Waals surface area contributed by atoms with Crippen LogP contribution in [0.1, 0.15) is 6.42 Å². The highest BCUT2D eigenvalue weighted by Crippen LogP contribution is 2.18. The first-order valence-corrected chi connectivity index (χ1v) is 4.67. The number of nitrogens with zero attached hydrogens (tertiary/aromatic N) is 1. The third-order valence-electron chi connectivity index (χ3n) is 1.27. The minimum absolute atomic E-state index is 0.140. The Morgan fingerprint density at radius 3 is 3.08 bits per heavy atom. The number of rotatable bonds is 4. The van der Waals surface area contributed by atoms with Crippen LogP contribution in [0.5, 0.6) is 0 Å².